The molecule has 1 N–H and O–H groups in total. The van der Waals surface area contributed by atoms with Gasteiger partial charge in [-0.1, -0.05) is 25.1 Å². The second-order valence-corrected chi connectivity index (χ2v) is 11.3. The third-order valence-electron chi connectivity index (χ3n) is 6.01. The van der Waals surface area contributed by atoms with Crippen molar-refractivity contribution in [2.24, 2.45) is 0 Å². The van der Waals surface area contributed by atoms with Crippen LogP contribution in [0.4, 0.5) is 10.1 Å². The summed E-state index contributed by atoms with van der Waals surface area (Å²) in [5, 5.41) is 2.87. The average molecular weight is 520 g/mol. The number of nitrogens with zero attached hydrogens (tertiary/aromatic N) is 2. The van der Waals surface area contributed by atoms with E-state index in [0.29, 0.717) is 17.7 Å². The lowest BCUT2D eigenvalue weighted by molar-refractivity contribution is -0.141. The van der Waals surface area contributed by atoms with Crippen LogP contribution >= 0.6 is 0 Å². The number of amides is 2. The number of benzene rings is 2. The summed E-state index contributed by atoms with van der Waals surface area (Å²) in [6.45, 7) is 9.69. The second-order valence-electron chi connectivity index (χ2n) is 9.44. The van der Waals surface area contributed by atoms with Crippen LogP contribution in [0.25, 0.3) is 0 Å². The number of nitrogens with one attached hydrogen (secondary N) is 1. The molecule has 0 aliphatic rings. The minimum atomic E-state index is -3.56. The van der Waals surface area contributed by atoms with Crippen molar-refractivity contribution in [2.45, 2.75) is 72.5 Å². The lowest BCUT2D eigenvalue weighted by Crippen LogP contribution is -2.50. The number of hydrogen-bond acceptors (Lipinski definition) is 4. The highest BCUT2D eigenvalue weighted by Gasteiger charge is 2.29. The molecule has 2 rings (SSSR count). The Morgan fingerprint density at radius 1 is 1.03 bits per heavy atom. The van der Waals surface area contributed by atoms with E-state index in [4.69, 9.17) is 0 Å². The van der Waals surface area contributed by atoms with Gasteiger partial charge in [0.1, 0.15) is 11.9 Å². The molecule has 9 heteroatoms. The van der Waals surface area contributed by atoms with E-state index in [-0.39, 0.29) is 49.6 Å². The van der Waals surface area contributed by atoms with Crippen molar-refractivity contribution < 1.29 is 22.4 Å². The number of rotatable bonds is 12. The molecule has 0 saturated heterocycles. The number of halogens is 1. The van der Waals surface area contributed by atoms with Crippen molar-refractivity contribution >= 4 is 27.5 Å². The summed E-state index contributed by atoms with van der Waals surface area (Å²) in [7, 11) is -3.56. The van der Waals surface area contributed by atoms with Gasteiger partial charge in [0.15, 0.2) is 0 Å². The van der Waals surface area contributed by atoms with Crippen LogP contribution in [-0.2, 0) is 26.2 Å². The minimum absolute atomic E-state index is 0.0590. The van der Waals surface area contributed by atoms with Crippen molar-refractivity contribution in [1.29, 1.82) is 0 Å². The van der Waals surface area contributed by atoms with Crippen LogP contribution in [0.3, 0.4) is 0 Å². The van der Waals surface area contributed by atoms with Crippen LogP contribution < -0.4 is 9.62 Å². The number of carbonyl (C=O) groups excluding carboxylic acids is 2. The topological polar surface area (TPSA) is 86.8 Å². The molecule has 0 aromatic heterocycles. The highest BCUT2D eigenvalue weighted by molar-refractivity contribution is 7.92. The summed E-state index contributed by atoms with van der Waals surface area (Å²) in [5.41, 5.74) is 3.29. The van der Waals surface area contributed by atoms with Gasteiger partial charge in [-0.2, -0.15) is 0 Å². The minimum Gasteiger partial charge on any atom is -0.352 e. The van der Waals surface area contributed by atoms with Crippen LogP contribution in [0.1, 0.15) is 56.7 Å². The molecule has 0 radical (unpaired) electrons. The van der Waals surface area contributed by atoms with Gasteiger partial charge in [0.05, 0.1) is 11.9 Å². The molecule has 0 heterocycles. The molecule has 36 heavy (non-hydrogen) atoms. The monoisotopic (exact) mass is 519 g/mol. The lowest BCUT2D eigenvalue weighted by Gasteiger charge is -2.31. The molecule has 2 aromatic carbocycles. The molecule has 0 saturated carbocycles. The fraction of sp³-hybridized carbons (Fsp3) is 0.481. The van der Waals surface area contributed by atoms with Gasteiger partial charge in [-0.05, 0) is 81.5 Å². The summed E-state index contributed by atoms with van der Waals surface area (Å²) in [4.78, 5) is 27.8. The molecule has 2 aromatic rings. The van der Waals surface area contributed by atoms with Crippen LogP contribution in [0, 0.1) is 19.7 Å². The number of aryl methyl sites for hydroxylation is 2. The third-order valence-corrected chi connectivity index (χ3v) is 7.21. The van der Waals surface area contributed by atoms with E-state index in [0.717, 1.165) is 17.4 Å². The number of carbonyl (C=O) groups is 2. The highest BCUT2D eigenvalue weighted by Crippen LogP contribution is 2.22. The van der Waals surface area contributed by atoms with Crippen molar-refractivity contribution in [2.75, 3.05) is 17.1 Å². The first-order valence-electron chi connectivity index (χ1n) is 12.2. The Labute approximate surface area is 214 Å². The normalized spacial score (nSPS) is 12.3. The van der Waals surface area contributed by atoms with Crippen LogP contribution in [0.15, 0.2) is 42.5 Å². The molecule has 0 spiro atoms. The third kappa shape index (κ3) is 8.33. The number of hydrogen-bond donors (Lipinski definition) is 1. The Kier molecular flexibility index (Phi) is 10.5. The first-order chi connectivity index (χ1) is 16.8. The summed E-state index contributed by atoms with van der Waals surface area (Å²) >= 11 is 0. The van der Waals surface area contributed by atoms with Gasteiger partial charge in [0, 0.05) is 25.6 Å². The van der Waals surface area contributed by atoms with E-state index in [1.54, 1.807) is 18.2 Å². The van der Waals surface area contributed by atoms with E-state index >= 15 is 0 Å². The molecule has 0 fully saturated rings. The average Bonchev–Trinajstić information content (AvgIpc) is 2.78. The number of sulfonamides is 1. The van der Waals surface area contributed by atoms with Crippen LogP contribution in [-0.4, -0.2) is 50.0 Å². The standard InChI is InChI=1S/C27H38FN3O4S/c1-7-25(27(33)29-19(2)3)30(18-22-11-13-23(28)14-12-22)26(32)9-8-16-31(36(6,34)35)24-15-10-20(4)21(5)17-24/h10-15,17,19,25H,7-9,16,18H2,1-6H3,(H,29,33)/t25-/m1/s1. The first kappa shape index (κ1) is 29.3. The Hall–Kier alpha value is -2.94. The van der Waals surface area contributed by atoms with Crippen molar-refractivity contribution in [3.63, 3.8) is 0 Å². The van der Waals surface area contributed by atoms with Crippen molar-refractivity contribution in [1.82, 2.24) is 10.2 Å². The SMILES string of the molecule is CC[C@H](C(=O)NC(C)C)N(Cc1ccc(F)cc1)C(=O)CCCN(c1ccc(C)c(C)c1)S(C)(=O)=O. The Morgan fingerprint density at radius 2 is 1.67 bits per heavy atom. The van der Waals surface area contributed by atoms with E-state index in [2.05, 4.69) is 5.32 Å². The molecule has 0 aliphatic heterocycles. The van der Waals surface area contributed by atoms with Gasteiger partial charge in [-0.3, -0.25) is 13.9 Å². The predicted molar refractivity (Wildman–Crippen MR) is 142 cm³/mol. The molecular weight excluding hydrogens is 481 g/mol. The molecule has 7 nitrogen and oxygen atoms in total. The fourth-order valence-corrected chi connectivity index (χ4v) is 4.93. The molecule has 0 aliphatic carbocycles. The molecule has 0 unspecified atom stereocenters. The molecule has 198 valence electrons. The summed E-state index contributed by atoms with van der Waals surface area (Å²) < 4.78 is 39.7. The summed E-state index contributed by atoms with van der Waals surface area (Å²) in [6, 6.07) is 10.5. The summed E-state index contributed by atoms with van der Waals surface area (Å²) in [5.74, 6) is -0.900. The Balaban J connectivity index is 2.22. The van der Waals surface area contributed by atoms with Gasteiger partial charge < -0.3 is 10.2 Å². The fourth-order valence-electron chi connectivity index (χ4n) is 3.97. The zero-order chi connectivity index (χ0) is 27.0. The zero-order valence-electron chi connectivity index (χ0n) is 22.0. The second kappa shape index (κ2) is 12.9. The maximum atomic E-state index is 13.4. The molecular formula is C27H38FN3O4S. The van der Waals surface area contributed by atoms with Gasteiger partial charge >= 0.3 is 0 Å². The van der Waals surface area contributed by atoms with Gasteiger partial charge in [0.25, 0.3) is 0 Å². The Morgan fingerprint density at radius 3 is 2.19 bits per heavy atom. The predicted octanol–water partition coefficient (Wildman–Crippen LogP) is 4.32. The molecule has 1 atom stereocenters. The largest absolute Gasteiger partial charge is 0.352 e. The summed E-state index contributed by atoms with van der Waals surface area (Å²) in [6.07, 6.45) is 1.89. The van der Waals surface area contributed by atoms with E-state index < -0.39 is 16.1 Å². The van der Waals surface area contributed by atoms with E-state index in [1.165, 1.54) is 21.3 Å². The Bertz CT molecular complexity index is 1150. The smallest absolute Gasteiger partial charge is 0.243 e. The first-order valence-corrected chi connectivity index (χ1v) is 14.1. The van der Waals surface area contributed by atoms with E-state index in [1.807, 2.05) is 46.8 Å². The number of anilines is 1. The molecule has 2 amide bonds. The highest BCUT2D eigenvalue weighted by atomic mass is 32.2. The van der Waals surface area contributed by atoms with Crippen LogP contribution in [0.5, 0.6) is 0 Å². The maximum Gasteiger partial charge on any atom is 0.243 e. The van der Waals surface area contributed by atoms with Gasteiger partial charge in [-0.25, -0.2) is 12.8 Å². The van der Waals surface area contributed by atoms with E-state index in [9.17, 15) is 22.4 Å². The van der Waals surface area contributed by atoms with Gasteiger partial charge in [0.2, 0.25) is 21.8 Å². The quantitative estimate of drug-likeness (QED) is 0.453. The zero-order valence-corrected chi connectivity index (χ0v) is 22.9. The molecule has 0 bridgehead atoms. The lowest BCUT2D eigenvalue weighted by atomic mass is 10.1. The van der Waals surface area contributed by atoms with Crippen molar-refractivity contribution in [3.8, 4) is 0 Å². The van der Waals surface area contributed by atoms with Gasteiger partial charge in [-0.15, -0.1) is 0 Å². The van der Waals surface area contributed by atoms with Crippen molar-refractivity contribution in [3.05, 3.63) is 65.0 Å². The maximum absolute atomic E-state index is 13.4. The van der Waals surface area contributed by atoms with Crippen LogP contribution in [0.2, 0.25) is 0 Å².